The fourth-order valence-electron chi connectivity index (χ4n) is 2.44. The van der Waals surface area contributed by atoms with Gasteiger partial charge in [0, 0.05) is 6.92 Å². The van der Waals surface area contributed by atoms with Crippen LogP contribution >= 0.6 is 0 Å². The van der Waals surface area contributed by atoms with E-state index in [1.165, 1.54) is 13.0 Å². The summed E-state index contributed by atoms with van der Waals surface area (Å²) in [4.78, 5) is 11.7. The first kappa shape index (κ1) is 17.9. The van der Waals surface area contributed by atoms with E-state index in [4.69, 9.17) is 4.74 Å². The maximum atomic E-state index is 13.0. The van der Waals surface area contributed by atoms with Crippen molar-refractivity contribution < 1.29 is 17.9 Å². The third-order valence-electron chi connectivity index (χ3n) is 3.66. The Hall–Kier alpha value is -2.40. The second-order valence-corrected chi connectivity index (χ2v) is 7.60. The van der Waals surface area contributed by atoms with Crippen molar-refractivity contribution in [1.29, 1.82) is 0 Å². The van der Waals surface area contributed by atoms with Gasteiger partial charge in [0.1, 0.15) is 11.4 Å². The van der Waals surface area contributed by atoms with E-state index in [2.05, 4.69) is 6.58 Å². The molecule has 0 bridgehead atoms. The molecule has 0 spiro atoms. The van der Waals surface area contributed by atoms with Crippen LogP contribution in [-0.4, -0.2) is 19.6 Å². The van der Waals surface area contributed by atoms with Gasteiger partial charge in [-0.15, -0.1) is 6.58 Å². The molecule has 126 valence electrons. The normalized spacial score (nSPS) is 13.8. The van der Waals surface area contributed by atoms with Crippen LogP contribution in [0.3, 0.4) is 0 Å². The predicted octanol–water partition coefficient (Wildman–Crippen LogP) is 3.63. The van der Waals surface area contributed by atoms with Gasteiger partial charge in [0.25, 0.3) is 0 Å². The monoisotopic (exact) mass is 344 g/mol. The number of carbonyl (C=O) groups excluding carboxylic acids is 1. The van der Waals surface area contributed by atoms with Gasteiger partial charge in [-0.2, -0.15) is 0 Å². The Morgan fingerprint density at radius 2 is 1.67 bits per heavy atom. The molecule has 0 aliphatic carbocycles. The highest BCUT2D eigenvalue weighted by molar-refractivity contribution is 7.92. The number of ether oxygens (including phenoxy) is 1. The summed E-state index contributed by atoms with van der Waals surface area (Å²) in [5, 5.41) is -1.08. The fraction of sp³-hybridized carbons (Fsp3) is 0.211. The van der Waals surface area contributed by atoms with Crippen molar-refractivity contribution in [2.75, 3.05) is 0 Å². The van der Waals surface area contributed by atoms with E-state index in [1.54, 1.807) is 48.5 Å². The second-order valence-electron chi connectivity index (χ2n) is 5.50. The van der Waals surface area contributed by atoms with Gasteiger partial charge >= 0.3 is 5.97 Å². The molecule has 2 atom stereocenters. The highest BCUT2D eigenvalue weighted by Gasteiger charge is 2.35. The number of hydrogen-bond donors (Lipinski definition) is 0. The molecular formula is C19H20O4S. The van der Waals surface area contributed by atoms with Crippen molar-refractivity contribution in [3.63, 3.8) is 0 Å². The Balaban J connectivity index is 2.50. The molecule has 0 fully saturated rings. The second kappa shape index (κ2) is 7.45. The molecule has 2 aromatic rings. The average molecular weight is 344 g/mol. The third-order valence-corrected chi connectivity index (χ3v) is 5.75. The Bertz CT molecular complexity index is 808. The molecule has 0 saturated carbocycles. The van der Waals surface area contributed by atoms with Gasteiger partial charge in [0.15, 0.2) is 9.84 Å². The van der Waals surface area contributed by atoms with E-state index in [0.717, 1.165) is 5.56 Å². The minimum Gasteiger partial charge on any atom is -0.456 e. The SMILES string of the molecule is C=C[C@@H]([C@@H](OC(C)=O)c1ccccc1)S(=O)(=O)c1ccc(C)cc1. The molecule has 0 unspecified atom stereocenters. The Kier molecular flexibility index (Phi) is 5.57. The van der Waals surface area contributed by atoms with Crippen LogP contribution in [0.15, 0.2) is 72.1 Å². The van der Waals surface area contributed by atoms with Crippen molar-refractivity contribution >= 4 is 15.8 Å². The first-order valence-corrected chi connectivity index (χ1v) is 9.06. The number of hydrogen-bond acceptors (Lipinski definition) is 4. The zero-order valence-electron chi connectivity index (χ0n) is 13.7. The molecule has 0 aliphatic heterocycles. The number of carbonyl (C=O) groups is 1. The van der Waals surface area contributed by atoms with Crippen LogP contribution in [0.1, 0.15) is 24.2 Å². The summed E-state index contributed by atoms with van der Waals surface area (Å²) in [6, 6.07) is 15.4. The number of aryl methyl sites for hydroxylation is 1. The highest BCUT2D eigenvalue weighted by atomic mass is 32.2. The standard InChI is InChI=1S/C19H20O4S/c1-4-18(24(21,22)17-12-10-14(2)11-13-17)19(23-15(3)20)16-8-6-5-7-9-16/h4-13,18-19H,1H2,2-3H3/t18-,19-/m0/s1. The lowest BCUT2D eigenvalue weighted by molar-refractivity contribution is -0.146. The van der Waals surface area contributed by atoms with E-state index in [1.807, 2.05) is 13.0 Å². The zero-order chi connectivity index (χ0) is 17.7. The van der Waals surface area contributed by atoms with Crippen LogP contribution in [-0.2, 0) is 19.4 Å². The summed E-state index contributed by atoms with van der Waals surface area (Å²) in [7, 11) is -3.76. The van der Waals surface area contributed by atoms with E-state index in [9.17, 15) is 13.2 Å². The minimum atomic E-state index is -3.76. The van der Waals surface area contributed by atoms with Crippen LogP contribution in [0.25, 0.3) is 0 Å². The van der Waals surface area contributed by atoms with Crippen molar-refractivity contribution in [3.05, 3.63) is 78.4 Å². The molecule has 0 heterocycles. The molecule has 4 nitrogen and oxygen atoms in total. The van der Waals surface area contributed by atoms with Gasteiger partial charge in [0.05, 0.1) is 4.90 Å². The summed E-state index contributed by atoms with van der Waals surface area (Å²) in [6.07, 6.45) is 0.364. The number of esters is 1. The minimum absolute atomic E-state index is 0.172. The van der Waals surface area contributed by atoms with Crippen molar-refractivity contribution in [3.8, 4) is 0 Å². The molecule has 24 heavy (non-hydrogen) atoms. The molecule has 2 rings (SSSR count). The van der Waals surface area contributed by atoms with E-state index in [0.29, 0.717) is 5.56 Å². The van der Waals surface area contributed by atoms with Crippen molar-refractivity contribution in [2.24, 2.45) is 0 Å². The maximum absolute atomic E-state index is 13.0. The first-order chi connectivity index (χ1) is 11.4. The van der Waals surface area contributed by atoms with Gasteiger partial charge < -0.3 is 4.74 Å². The summed E-state index contributed by atoms with van der Waals surface area (Å²) in [5.41, 5.74) is 1.57. The Labute approximate surface area is 142 Å². The molecule has 2 aromatic carbocycles. The molecule has 0 saturated heterocycles. The summed E-state index contributed by atoms with van der Waals surface area (Å²) < 4.78 is 31.3. The van der Waals surface area contributed by atoms with Gasteiger partial charge in [-0.05, 0) is 24.6 Å². The molecule has 0 N–H and O–H groups in total. The largest absolute Gasteiger partial charge is 0.456 e. The number of benzene rings is 2. The van der Waals surface area contributed by atoms with E-state index in [-0.39, 0.29) is 4.90 Å². The topological polar surface area (TPSA) is 60.4 Å². The lowest BCUT2D eigenvalue weighted by atomic mass is 10.1. The summed E-state index contributed by atoms with van der Waals surface area (Å²) in [6.45, 7) is 6.79. The van der Waals surface area contributed by atoms with Gasteiger partial charge in [-0.1, -0.05) is 54.1 Å². The van der Waals surface area contributed by atoms with Gasteiger partial charge in [0.2, 0.25) is 0 Å². The van der Waals surface area contributed by atoms with E-state index < -0.39 is 27.2 Å². The lowest BCUT2D eigenvalue weighted by Crippen LogP contribution is -2.29. The Morgan fingerprint density at radius 1 is 1.08 bits per heavy atom. The summed E-state index contributed by atoms with van der Waals surface area (Å²) >= 11 is 0. The van der Waals surface area contributed by atoms with Crippen LogP contribution < -0.4 is 0 Å². The maximum Gasteiger partial charge on any atom is 0.303 e. The fourth-order valence-corrected chi connectivity index (χ4v) is 4.07. The molecule has 0 amide bonds. The van der Waals surface area contributed by atoms with Crippen LogP contribution in [0.4, 0.5) is 0 Å². The number of rotatable bonds is 6. The van der Waals surface area contributed by atoms with Crippen LogP contribution in [0.2, 0.25) is 0 Å². The van der Waals surface area contributed by atoms with Gasteiger partial charge in [-0.3, -0.25) is 4.79 Å². The quantitative estimate of drug-likeness (QED) is 0.593. The van der Waals surface area contributed by atoms with Crippen molar-refractivity contribution in [2.45, 2.75) is 30.1 Å². The average Bonchev–Trinajstić information content (AvgIpc) is 2.55. The smallest absolute Gasteiger partial charge is 0.303 e. The molecular weight excluding hydrogens is 324 g/mol. The zero-order valence-corrected chi connectivity index (χ0v) is 14.5. The third kappa shape index (κ3) is 3.92. The molecule has 0 radical (unpaired) electrons. The molecule has 0 aliphatic rings. The van der Waals surface area contributed by atoms with Crippen molar-refractivity contribution in [1.82, 2.24) is 0 Å². The molecule has 0 aromatic heterocycles. The molecule has 5 heteroatoms. The lowest BCUT2D eigenvalue weighted by Gasteiger charge is -2.24. The summed E-state index contributed by atoms with van der Waals surface area (Å²) in [5.74, 6) is -0.546. The van der Waals surface area contributed by atoms with Crippen LogP contribution in [0, 0.1) is 6.92 Å². The Morgan fingerprint density at radius 3 is 2.17 bits per heavy atom. The first-order valence-electron chi connectivity index (χ1n) is 7.51. The number of sulfone groups is 1. The van der Waals surface area contributed by atoms with Crippen LogP contribution in [0.5, 0.6) is 0 Å². The predicted molar refractivity (Wildman–Crippen MR) is 93.3 cm³/mol. The highest BCUT2D eigenvalue weighted by Crippen LogP contribution is 2.31. The van der Waals surface area contributed by atoms with E-state index >= 15 is 0 Å². The van der Waals surface area contributed by atoms with Gasteiger partial charge in [-0.25, -0.2) is 8.42 Å².